The first kappa shape index (κ1) is 27.9. The van der Waals surface area contributed by atoms with E-state index in [2.05, 4.69) is 35.1 Å². The SMILES string of the molecule is CCC(Oc1ccc(C)cc1C)C(=O)NC1=CC(=Nc2ccc(N3C(C)CCC3C)cc2C#N)c2[nH]ccc2C1=O. The van der Waals surface area contributed by atoms with Crippen LogP contribution in [0.2, 0.25) is 0 Å². The van der Waals surface area contributed by atoms with Gasteiger partial charge in [-0.1, -0.05) is 24.6 Å². The molecule has 0 spiro atoms. The highest BCUT2D eigenvalue weighted by atomic mass is 16.5. The molecular weight excluding hydrogens is 514 g/mol. The van der Waals surface area contributed by atoms with Crippen molar-refractivity contribution in [3.05, 3.63) is 88.4 Å². The van der Waals surface area contributed by atoms with Crippen LogP contribution in [0.15, 0.2) is 65.4 Å². The van der Waals surface area contributed by atoms with Crippen molar-refractivity contribution in [2.24, 2.45) is 4.99 Å². The second-order valence-electron chi connectivity index (χ2n) is 10.9. The van der Waals surface area contributed by atoms with Gasteiger partial charge in [-0.2, -0.15) is 5.26 Å². The van der Waals surface area contributed by atoms with Gasteiger partial charge in [-0.3, -0.25) is 9.59 Å². The van der Waals surface area contributed by atoms with Crippen molar-refractivity contribution in [2.75, 3.05) is 4.90 Å². The zero-order valence-corrected chi connectivity index (χ0v) is 24.1. The molecule has 3 unspecified atom stereocenters. The third kappa shape index (κ3) is 5.53. The summed E-state index contributed by atoms with van der Waals surface area (Å²) in [5.41, 5.74) is 5.48. The van der Waals surface area contributed by atoms with Gasteiger partial charge < -0.3 is 19.9 Å². The van der Waals surface area contributed by atoms with Gasteiger partial charge in [-0.05, 0) is 88.9 Å². The zero-order chi connectivity index (χ0) is 29.3. The average Bonchev–Trinajstić information content (AvgIpc) is 3.58. The summed E-state index contributed by atoms with van der Waals surface area (Å²) in [6.07, 6.45) is 5.09. The summed E-state index contributed by atoms with van der Waals surface area (Å²) in [5.74, 6) is -0.106. The maximum Gasteiger partial charge on any atom is 0.265 e. The lowest BCUT2D eigenvalue weighted by atomic mass is 9.98. The number of hydrogen-bond donors (Lipinski definition) is 2. The number of carbonyl (C=O) groups is 2. The maximum absolute atomic E-state index is 13.3. The van der Waals surface area contributed by atoms with Gasteiger partial charge in [0.15, 0.2) is 6.10 Å². The number of ketones is 1. The number of rotatable bonds is 7. The zero-order valence-electron chi connectivity index (χ0n) is 24.1. The predicted molar refractivity (Wildman–Crippen MR) is 160 cm³/mol. The summed E-state index contributed by atoms with van der Waals surface area (Å²) < 4.78 is 6.04. The van der Waals surface area contributed by atoms with Gasteiger partial charge in [-0.25, -0.2) is 4.99 Å². The van der Waals surface area contributed by atoms with E-state index >= 15 is 0 Å². The quantitative estimate of drug-likeness (QED) is 0.372. The van der Waals surface area contributed by atoms with Crippen LogP contribution in [-0.4, -0.2) is 40.6 Å². The van der Waals surface area contributed by atoms with Crippen molar-refractivity contribution in [1.29, 1.82) is 5.26 Å². The molecule has 1 fully saturated rings. The molecule has 1 amide bonds. The Morgan fingerprint density at radius 1 is 1.17 bits per heavy atom. The minimum atomic E-state index is -0.786. The molecule has 3 aromatic rings. The Balaban J connectivity index is 1.44. The first-order chi connectivity index (χ1) is 19.7. The smallest absolute Gasteiger partial charge is 0.265 e. The Hall–Kier alpha value is -4.64. The van der Waals surface area contributed by atoms with Gasteiger partial charge >= 0.3 is 0 Å². The van der Waals surface area contributed by atoms with E-state index in [1.54, 1.807) is 18.3 Å². The molecule has 8 heteroatoms. The molecule has 2 N–H and O–H groups in total. The van der Waals surface area contributed by atoms with Crippen molar-refractivity contribution < 1.29 is 14.3 Å². The number of nitrogens with zero attached hydrogens (tertiary/aromatic N) is 3. The summed E-state index contributed by atoms with van der Waals surface area (Å²) in [4.78, 5) is 36.8. The molecule has 0 saturated carbocycles. The average molecular weight is 550 g/mol. The Morgan fingerprint density at radius 3 is 2.61 bits per heavy atom. The molecule has 2 aliphatic rings. The lowest BCUT2D eigenvalue weighted by molar-refractivity contribution is -0.127. The maximum atomic E-state index is 13.3. The van der Waals surface area contributed by atoms with Crippen LogP contribution in [0.5, 0.6) is 5.75 Å². The number of anilines is 1. The Labute approximate surface area is 240 Å². The molecule has 0 radical (unpaired) electrons. The number of Topliss-reactive ketones (excluding diaryl/α,β-unsaturated/α-hetero) is 1. The molecular formula is C33H35N5O3. The highest BCUT2D eigenvalue weighted by molar-refractivity contribution is 6.26. The van der Waals surface area contributed by atoms with Crippen LogP contribution in [0.4, 0.5) is 11.4 Å². The number of fused-ring (bicyclic) bond motifs is 1. The van der Waals surface area contributed by atoms with E-state index in [0.717, 1.165) is 29.7 Å². The molecule has 8 nitrogen and oxygen atoms in total. The van der Waals surface area contributed by atoms with Gasteiger partial charge in [0.2, 0.25) is 5.78 Å². The normalized spacial score (nSPS) is 19.9. The minimum absolute atomic E-state index is 0.110. The summed E-state index contributed by atoms with van der Waals surface area (Å²) in [6, 6.07) is 16.3. The van der Waals surface area contributed by atoms with Gasteiger partial charge in [0.1, 0.15) is 11.8 Å². The standard InChI is InChI=1S/C33H35N5O3/c1-6-29(41-30-12-7-19(2)15-20(30)3)33(40)37-28-17-27(31-25(32(28)39)13-14-35-31)36-26-11-10-24(16-23(26)18-34)38-21(4)8-9-22(38)5/h7,10-17,21-22,29,35H,6,8-9H2,1-5H3,(H,37,40). The van der Waals surface area contributed by atoms with Crippen LogP contribution in [0.3, 0.4) is 0 Å². The first-order valence-electron chi connectivity index (χ1n) is 14.1. The fraction of sp³-hybridized carbons (Fsp3) is 0.333. The number of benzene rings is 2. The van der Waals surface area contributed by atoms with E-state index in [9.17, 15) is 14.9 Å². The van der Waals surface area contributed by atoms with Crippen molar-refractivity contribution in [3.63, 3.8) is 0 Å². The third-order valence-corrected chi connectivity index (χ3v) is 7.89. The number of aromatic amines is 1. The number of ether oxygens (including phenoxy) is 1. The van der Waals surface area contributed by atoms with Gasteiger partial charge in [0.05, 0.1) is 33.9 Å². The molecule has 2 heterocycles. The third-order valence-electron chi connectivity index (χ3n) is 7.89. The van der Waals surface area contributed by atoms with Crippen LogP contribution in [-0.2, 0) is 4.79 Å². The van der Waals surface area contributed by atoms with E-state index in [4.69, 9.17) is 9.73 Å². The lowest BCUT2D eigenvalue weighted by Gasteiger charge is -2.29. The van der Waals surface area contributed by atoms with E-state index < -0.39 is 12.0 Å². The number of aliphatic imine (C=N–C) groups is 1. The number of aryl methyl sites for hydroxylation is 2. The molecule has 3 atom stereocenters. The van der Waals surface area contributed by atoms with E-state index in [1.807, 2.05) is 57.2 Å². The molecule has 1 aliphatic heterocycles. The van der Waals surface area contributed by atoms with Crippen LogP contribution in [0.25, 0.3) is 0 Å². The fourth-order valence-electron chi connectivity index (χ4n) is 5.70. The van der Waals surface area contributed by atoms with Crippen molar-refractivity contribution in [2.45, 2.75) is 72.1 Å². The summed E-state index contributed by atoms with van der Waals surface area (Å²) in [7, 11) is 0. The molecule has 1 saturated heterocycles. The van der Waals surface area contributed by atoms with Crippen molar-refractivity contribution >= 4 is 28.8 Å². The summed E-state index contributed by atoms with van der Waals surface area (Å²) in [5, 5.41) is 12.8. The number of amides is 1. The number of allylic oxidation sites excluding steroid dienone is 2. The van der Waals surface area contributed by atoms with Crippen molar-refractivity contribution in [1.82, 2.24) is 10.3 Å². The van der Waals surface area contributed by atoms with Gasteiger partial charge in [0.25, 0.3) is 5.91 Å². The lowest BCUT2D eigenvalue weighted by Crippen LogP contribution is -2.40. The molecule has 1 aromatic heterocycles. The number of nitrogens with one attached hydrogen (secondary N) is 2. The highest BCUT2D eigenvalue weighted by Crippen LogP contribution is 2.34. The van der Waals surface area contributed by atoms with Crippen molar-refractivity contribution in [3.8, 4) is 11.8 Å². The number of carbonyl (C=O) groups excluding carboxylic acids is 2. The topological polar surface area (TPSA) is 111 Å². The fourth-order valence-corrected chi connectivity index (χ4v) is 5.70. The van der Waals surface area contributed by atoms with Crippen LogP contribution >= 0.6 is 0 Å². The molecule has 210 valence electrons. The monoisotopic (exact) mass is 549 g/mol. The van der Waals surface area contributed by atoms with Gasteiger partial charge in [-0.15, -0.1) is 0 Å². The second kappa shape index (κ2) is 11.5. The molecule has 5 rings (SSSR count). The largest absolute Gasteiger partial charge is 0.480 e. The van der Waals surface area contributed by atoms with Crippen LogP contribution < -0.4 is 15.0 Å². The Kier molecular flexibility index (Phi) is 7.80. The summed E-state index contributed by atoms with van der Waals surface area (Å²) >= 11 is 0. The van der Waals surface area contributed by atoms with Crippen LogP contribution in [0, 0.1) is 25.2 Å². The van der Waals surface area contributed by atoms with Crippen LogP contribution in [0.1, 0.15) is 72.8 Å². The molecule has 1 aliphatic carbocycles. The molecule has 41 heavy (non-hydrogen) atoms. The van der Waals surface area contributed by atoms with E-state index in [1.165, 1.54) is 0 Å². The Bertz CT molecular complexity index is 1600. The van der Waals surface area contributed by atoms with E-state index in [0.29, 0.717) is 52.5 Å². The number of nitriles is 1. The second-order valence-corrected chi connectivity index (χ2v) is 10.9. The first-order valence-corrected chi connectivity index (χ1v) is 14.1. The number of hydrogen-bond acceptors (Lipinski definition) is 6. The van der Waals surface area contributed by atoms with Gasteiger partial charge in [0, 0.05) is 24.0 Å². The molecule has 2 aromatic carbocycles. The number of H-pyrrole nitrogens is 1. The minimum Gasteiger partial charge on any atom is -0.480 e. The highest BCUT2D eigenvalue weighted by Gasteiger charge is 2.30. The van der Waals surface area contributed by atoms with E-state index in [-0.39, 0.29) is 11.5 Å². The Morgan fingerprint density at radius 2 is 1.93 bits per heavy atom. The summed E-state index contributed by atoms with van der Waals surface area (Å²) in [6.45, 7) is 10.2. The number of aromatic nitrogens is 1. The predicted octanol–water partition coefficient (Wildman–Crippen LogP) is 6.06. The molecule has 0 bridgehead atoms.